The van der Waals surface area contributed by atoms with Crippen molar-refractivity contribution in [3.8, 4) is 0 Å². The Morgan fingerprint density at radius 3 is 2.89 bits per heavy atom. The van der Waals surface area contributed by atoms with Gasteiger partial charge >= 0.3 is 0 Å². The van der Waals surface area contributed by atoms with Crippen molar-refractivity contribution in [1.82, 2.24) is 9.29 Å². The second kappa shape index (κ2) is 7.42. The van der Waals surface area contributed by atoms with Gasteiger partial charge in [0.1, 0.15) is 11.5 Å². The molecular weight excluding hydrogens is 423 g/mol. The van der Waals surface area contributed by atoms with Gasteiger partial charge in [-0.05, 0) is 36.4 Å². The molecule has 0 spiro atoms. The second-order valence-corrected chi connectivity index (χ2v) is 8.34. The first-order valence-corrected chi connectivity index (χ1v) is 10.3. The highest BCUT2D eigenvalue weighted by Gasteiger charge is 2.25. The van der Waals surface area contributed by atoms with E-state index in [1.165, 1.54) is 34.8 Å². The van der Waals surface area contributed by atoms with Crippen LogP contribution in [0.3, 0.4) is 0 Å². The molecule has 0 saturated heterocycles. The zero-order chi connectivity index (χ0) is 19.8. The van der Waals surface area contributed by atoms with Gasteiger partial charge in [0.15, 0.2) is 0 Å². The number of nitrogens with one attached hydrogen (secondary N) is 1. The van der Waals surface area contributed by atoms with Gasteiger partial charge in [0.2, 0.25) is 11.2 Å². The van der Waals surface area contributed by atoms with Crippen molar-refractivity contribution in [2.45, 2.75) is 0 Å². The molecule has 1 unspecified atom stereocenters. The van der Waals surface area contributed by atoms with Gasteiger partial charge in [-0.15, -0.1) is 11.3 Å². The Morgan fingerprint density at radius 1 is 1.29 bits per heavy atom. The highest BCUT2D eigenvalue weighted by Crippen LogP contribution is 2.24. The molecule has 1 aliphatic heterocycles. The Balaban J connectivity index is 1.66. The fraction of sp³-hybridized carbons (Fsp3) is 0.0556. The standard InChI is InChI=1S/C18H12ClFN4O2S2/c1-24-16(18(25)22-11-3-4-13(20)12(19)7-11)8-14(23-28(24)26)10-2-5-17-15(6-10)21-9-27-17/h2-9H,1H3,(H,22,25). The fourth-order valence-electron chi connectivity index (χ4n) is 2.61. The van der Waals surface area contributed by atoms with E-state index in [2.05, 4.69) is 14.7 Å². The first-order chi connectivity index (χ1) is 13.4. The molecule has 6 nitrogen and oxygen atoms in total. The normalized spacial score (nSPS) is 16.7. The van der Waals surface area contributed by atoms with Crippen molar-refractivity contribution in [2.24, 2.45) is 4.40 Å². The summed E-state index contributed by atoms with van der Waals surface area (Å²) in [6.45, 7) is 0. The minimum Gasteiger partial charge on any atom is -0.321 e. The van der Waals surface area contributed by atoms with Crippen LogP contribution in [-0.4, -0.2) is 32.2 Å². The van der Waals surface area contributed by atoms with Crippen molar-refractivity contribution in [3.05, 3.63) is 70.1 Å². The van der Waals surface area contributed by atoms with Gasteiger partial charge in [0.05, 0.1) is 26.5 Å². The van der Waals surface area contributed by atoms with Gasteiger partial charge in [-0.1, -0.05) is 17.7 Å². The lowest BCUT2D eigenvalue weighted by Crippen LogP contribution is -2.32. The Bertz CT molecular complexity index is 1190. The Hall–Kier alpha value is -2.62. The number of rotatable bonds is 3. The van der Waals surface area contributed by atoms with E-state index in [1.807, 2.05) is 18.2 Å². The number of benzene rings is 2. The maximum absolute atomic E-state index is 13.3. The first kappa shape index (κ1) is 18.7. The van der Waals surface area contributed by atoms with Crippen molar-refractivity contribution in [1.29, 1.82) is 0 Å². The number of aromatic nitrogens is 1. The molecule has 0 fully saturated rings. The molecule has 10 heteroatoms. The lowest BCUT2D eigenvalue weighted by atomic mass is 10.1. The molecule has 1 aliphatic rings. The highest BCUT2D eigenvalue weighted by atomic mass is 35.5. The van der Waals surface area contributed by atoms with Crippen LogP contribution in [0.25, 0.3) is 10.2 Å². The summed E-state index contributed by atoms with van der Waals surface area (Å²) in [6, 6.07) is 9.43. The molecule has 0 aliphatic carbocycles. The maximum Gasteiger partial charge on any atom is 0.272 e. The molecule has 3 aromatic rings. The molecule has 142 valence electrons. The van der Waals surface area contributed by atoms with Gasteiger partial charge < -0.3 is 5.32 Å². The average molecular weight is 435 g/mol. The van der Waals surface area contributed by atoms with E-state index in [4.69, 9.17) is 11.6 Å². The summed E-state index contributed by atoms with van der Waals surface area (Å²) < 4.78 is 32.1. The van der Waals surface area contributed by atoms with Crippen molar-refractivity contribution in [2.75, 3.05) is 12.4 Å². The summed E-state index contributed by atoms with van der Waals surface area (Å²) >= 11 is 5.50. The predicted octanol–water partition coefficient (Wildman–Crippen LogP) is 3.92. The van der Waals surface area contributed by atoms with Crippen molar-refractivity contribution >= 4 is 61.6 Å². The molecule has 4 rings (SSSR count). The van der Waals surface area contributed by atoms with E-state index in [0.717, 1.165) is 16.3 Å². The minimum absolute atomic E-state index is 0.105. The Kier molecular flexibility index (Phi) is 4.96. The SMILES string of the molecule is CN1C(C(=O)Nc2ccc(F)c(Cl)c2)=CC(c2ccc3scnc3c2)=NS1=O. The van der Waals surface area contributed by atoms with Gasteiger partial charge in [0.25, 0.3) is 5.91 Å². The molecule has 0 radical (unpaired) electrons. The number of likely N-dealkylation sites (N-methyl/N-ethyl adjacent to an activating group) is 1. The average Bonchev–Trinajstić information content (AvgIpc) is 3.14. The van der Waals surface area contributed by atoms with Crippen LogP contribution in [0, 0.1) is 5.82 Å². The number of allylic oxidation sites excluding steroid dienone is 1. The summed E-state index contributed by atoms with van der Waals surface area (Å²) in [6.07, 6.45) is 1.55. The van der Waals surface area contributed by atoms with E-state index < -0.39 is 22.9 Å². The molecule has 28 heavy (non-hydrogen) atoms. The van der Waals surface area contributed by atoms with Crippen LogP contribution in [0.1, 0.15) is 5.56 Å². The highest BCUT2D eigenvalue weighted by molar-refractivity contribution is 7.81. The lowest BCUT2D eigenvalue weighted by Gasteiger charge is -2.22. The number of amides is 1. The number of carbonyl (C=O) groups is 1. The van der Waals surface area contributed by atoms with Gasteiger partial charge in [-0.25, -0.2) is 13.6 Å². The van der Waals surface area contributed by atoms with Crippen LogP contribution in [-0.2, 0) is 16.0 Å². The van der Waals surface area contributed by atoms with Gasteiger partial charge in [-0.2, -0.15) is 4.40 Å². The van der Waals surface area contributed by atoms with Crippen LogP contribution >= 0.6 is 22.9 Å². The summed E-state index contributed by atoms with van der Waals surface area (Å²) in [5.41, 5.74) is 4.14. The third-order valence-corrected chi connectivity index (χ3v) is 6.18. The number of hydrogen-bond acceptors (Lipinski definition) is 4. The monoisotopic (exact) mass is 434 g/mol. The summed E-state index contributed by atoms with van der Waals surface area (Å²) in [4.78, 5) is 17.0. The van der Waals surface area contributed by atoms with Gasteiger partial charge in [0, 0.05) is 18.3 Å². The fourth-order valence-corrected chi connectivity index (χ4v) is 4.20. The number of carbonyl (C=O) groups excluding carboxylic acids is 1. The van der Waals surface area contributed by atoms with E-state index in [1.54, 1.807) is 11.6 Å². The predicted molar refractivity (Wildman–Crippen MR) is 110 cm³/mol. The molecule has 0 bridgehead atoms. The van der Waals surface area contributed by atoms with Gasteiger partial charge in [-0.3, -0.25) is 9.10 Å². The molecular formula is C18H12ClFN4O2S2. The third kappa shape index (κ3) is 3.56. The van der Waals surface area contributed by atoms with Crippen LogP contribution in [0.4, 0.5) is 10.1 Å². The molecule has 1 aromatic heterocycles. The topological polar surface area (TPSA) is 74.7 Å². The first-order valence-electron chi connectivity index (χ1n) is 7.98. The minimum atomic E-state index is -1.77. The second-order valence-electron chi connectivity index (χ2n) is 5.85. The van der Waals surface area contributed by atoms with Crippen LogP contribution < -0.4 is 5.32 Å². The smallest absolute Gasteiger partial charge is 0.272 e. The molecule has 1 N–H and O–H groups in total. The number of halogens is 2. The lowest BCUT2D eigenvalue weighted by molar-refractivity contribution is -0.113. The van der Waals surface area contributed by atoms with Crippen molar-refractivity contribution in [3.63, 3.8) is 0 Å². The number of hydrogen-bond donors (Lipinski definition) is 1. The summed E-state index contributed by atoms with van der Waals surface area (Å²) in [7, 11) is 1.50. The van der Waals surface area contributed by atoms with Crippen LogP contribution in [0.2, 0.25) is 5.02 Å². The van der Waals surface area contributed by atoms with E-state index in [9.17, 15) is 13.4 Å². The molecule has 1 amide bonds. The van der Waals surface area contributed by atoms with Crippen LogP contribution in [0.15, 0.2) is 58.1 Å². The molecule has 2 aromatic carbocycles. The Morgan fingerprint density at radius 2 is 2.11 bits per heavy atom. The molecule has 2 heterocycles. The largest absolute Gasteiger partial charge is 0.321 e. The third-order valence-electron chi connectivity index (χ3n) is 4.06. The van der Waals surface area contributed by atoms with E-state index in [-0.39, 0.29) is 10.7 Å². The van der Waals surface area contributed by atoms with E-state index >= 15 is 0 Å². The Labute approximate surface area is 171 Å². The number of nitrogens with zero attached hydrogens (tertiary/aromatic N) is 3. The van der Waals surface area contributed by atoms with Crippen LogP contribution in [0.5, 0.6) is 0 Å². The van der Waals surface area contributed by atoms with Crippen molar-refractivity contribution < 1.29 is 13.4 Å². The number of anilines is 1. The zero-order valence-electron chi connectivity index (χ0n) is 14.3. The van der Waals surface area contributed by atoms with E-state index in [0.29, 0.717) is 17.0 Å². The maximum atomic E-state index is 13.3. The molecule has 1 atom stereocenters. The summed E-state index contributed by atoms with van der Waals surface area (Å²) in [5, 5.41) is 2.52. The quantitative estimate of drug-likeness (QED) is 0.678. The number of thiazole rings is 1. The zero-order valence-corrected chi connectivity index (χ0v) is 16.7. The number of fused-ring (bicyclic) bond motifs is 1. The summed E-state index contributed by atoms with van der Waals surface area (Å²) in [5.74, 6) is -1.10. The molecule has 0 saturated carbocycles.